The van der Waals surface area contributed by atoms with E-state index in [-0.39, 0.29) is 0 Å². The molecule has 0 aliphatic carbocycles. The van der Waals surface area contributed by atoms with Crippen LogP contribution in [-0.2, 0) is 6.54 Å². The number of benzene rings is 1. The Balaban J connectivity index is 1.53. The number of likely N-dealkylation sites (tertiary alicyclic amines) is 1. The number of nitrogens with one attached hydrogen (secondary N) is 1. The number of rotatable bonds is 5. The molecule has 3 aromatic rings. The average Bonchev–Trinajstić information content (AvgIpc) is 3.29. The fourth-order valence-electron chi connectivity index (χ4n) is 3.30. The van der Waals surface area contributed by atoms with Crippen LogP contribution in [0.5, 0.6) is 0 Å². The molecule has 6 nitrogen and oxygen atoms in total. The van der Waals surface area contributed by atoms with Crippen LogP contribution in [0.1, 0.15) is 35.7 Å². The summed E-state index contributed by atoms with van der Waals surface area (Å²) in [6.07, 6.45) is 5.91. The van der Waals surface area contributed by atoms with E-state index in [9.17, 15) is 0 Å². The van der Waals surface area contributed by atoms with Gasteiger partial charge in [-0.25, -0.2) is 4.98 Å². The highest BCUT2D eigenvalue weighted by atomic mass is 32.1. The van der Waals surface area contributed by atoms with Gasteiger partial charge in [-0.1, -0.05) is 35.6 Å². The van der Waals surface area contributed by atoms with Crippen molar-refractivity contribution in [1.29, 1.82) is 0 Å². The molecule has 1 aliphatic rings. The second kappa shape index (κ2) is 7.25. The highest BCUT2D eigenvalue weighted by molar-refractivity contribution is 7.13. The first-order chi connectivity index (χ1) is 12.3. The van der Waals surface area contributed by atoms with Gasteiger partial charge >= 0.3 is 0 Å². The van der Waals surface area contributed by atoms with Gasteiger partial charge in [0.15, 0.2) is 5.82 Å². The molecule has 7 heteroatoms. The summed E-state index contributed by atoms with van der Waals surface area (Å²) in [5.41, 5.74) is 5.43. The molecule has 1 fully saturated rings. The molecule has 4 rings (SSSR count). The smallest absolute Gasteiger partial charge is 0.211 e. The van der Waals surface area contributed by atoms with Crippen molar-refractivity contribution in [3.8, 4) is 0 Å². The number of hydrogen-bond donors (Lipinski definition) is 1. The SMILES string of the molecule is Cc1ccccc1CN1CCC[C@H]1c1cncc(Nc2nncs2)n1. The molecule has 0 bridgehead atoms. The molecule has 3 heterocycles. The lowest BCUT2D eigenvalue weighted by Crippen LogP contribution is -2.24. The van der Waals surface area contributed by atoms with Crippen LogP contribution in [0.3, 0.4) is 0 Å². The zero-order valence-electron chi connectivity index (χ0n) is 14.1. The third-order valence-corrected chi connectivity index (χ3v) is 5.19. The topological polar surface area (TPSA) is 66.8 Å². The van der Waals surface area contributed by atoms with Crippen LogP contribution in [0.2, 0.25) is 0 Å². The third-order valence-electron chi connectivity index (χ3n) is 4.59. The van der Waals surface area contributed by atoms with Crippen LogP contribution >= 0.6 is 11.3 Å². The van der Waals surface area contributed by atoms with Crippen LogP contribution in [0.15, 0.2) is 42.2 Å². The van der Waals surface area contributed by atoms with Gasteiger partial charge in [0.05, 0.1) is 24.1 Å². The van der Waals surface area contributed by atoms with Crippen molar-refractivity contribution in [3.63, 3.8) is 0 Å². The Bertz CT molecular complexity index is 835. The molecule has 1 aliphatic heterocycles. The Morgan fingerprint density at radius 3 is 3.04 bits per heavy atom. The summed E-state index contributed by atoms with van der Waals surface area (Å²) in [6.45, 7) is 4.22. The predicted octanol–water partition coefficient (Wildman–Crippen LogP) is 3.72. The minimum atomic E-state index is 0.309. The van der Waals surface area contributed by atoms with E-state index in [0.29, 0.717) is 6.04 Å². The Kier molecular flexibility index (Phi) is 4.67. The maximum Gasteiger partial charge on any atom is 0.211 e. The van der Waals surface area contributed by atoms with Gasteiger partial charge in [0.2, 0.25) is 5.13 Å². The van der Waals surface area contributed by atoms with E-state index >= 15 is 0 Å². The highest BCUT2D eigenvalue weighted by Gasteiger charge is 2.27. The van der Waals surface area contributed by atoms with Gasteiger partial charge in [0.1, 0.15) is 5.51 Å². The highest BCUT2D eigenvalue weighted by Crippen LogP contribution is 2.33. The maximum atomic E-state index is 4.77. The minimum absolute atomic E-state index is 0.309. The molecule has 0 radical (unpaired) electrons. The van der Waals surface area contributed by atoms with Crippen molar-refractivity contribution in [3.05, 3.63) is 59.0 Å². The number of nitrogens with zero attached hydrogens (tertiary/aromatic N) is 5. The molecular formula is C18H20N6S. The first-order valence-electron chi connectivity index (χ1n) is 8.43. The van der Waals surface area contributed by atoms with Gasteiger partial charge in [0.25, 0.3) is 0 Å². The molecule has 1 aromatic carbocycles. The van der Waals surface area contributed by atoms with E-state index in [1.54, 1.807) is 11.7 Å². The summed E-state index contributed by atoms with van der Waals surface area (Å²) >= 11 is 1.45. The van der Waals surface area contributed by atoms with Crippen LogP contribution < -0.4 is 5.32 Å². The van der Waals surface area contributed by atoms with Gasteiger partial charge < -0.3 is 5.32 Å². The van der Waals surface area contributed by atoms with E-state index in [1.807, 2.05) is 6.20 Å². The maximum absolute atomic E-state index is 4.77. The molecule has 1 saturated heterocycles. The van der Waals surface area contributed by atoms with E-state index in [4.69, 9.17) is 4.98 Å². The van der Waals surface area contributed by atoms with Crippen molar-refractivity contribution in [2.24, 2.45) is 0 Å². The summed E-state index contributed by atoms with van der Waals surface area (Å²) in [4.78, 5) is 11.6. The van der Waals surface area contributed by atoms with E-state index in [0.717, 1.165) is 36.2 Å². The van der Waals surface area contributed by atoms with Crippen molar-refractivity contribution >= 4 is 22.3 Å². The monoisotopic (exact) mass is 352 g/mol. The molecule has 0 spiro atoms. The second-order valence-corrected chi connectivity index (χ2v) is 7.09. The van der Waals surface area contributed by atoms with Gasteiger partial charge in [0, 0.05) is 6.54 Å². The number of aryl methyl sites for hydroxylation is 1. The molecule has 2 aromatic heterocycles. The quantitative estimate of drug-likeness (QED) is 0.755. The van der Waals surface area contributed by atoms with Crippen molar-refractivity contribution < 1.29 is 0 Å². The van der Waals surface area contributed by atoms with Gasteiger partial charge in [-0.15, -0.1) is 10.2 Å². The fourth-order valence-corrected chi connectivity index (χ4v) is 3.75. The standard InChI is InChI=1S/C18H20N6S/c1-13-5-2-3-6-14(13)11-24-8-4-7-16(24)15-9-19-10-17(21-15)22-18-23-20-12-25-18/h2-3,5-6,9-10,12,16H,4,7-8,11H2,1H3,(H,21,22,23)/t16-/m0/s1. The molecule has 25 heavy (non-hydrogen) atoms. The molecule has 0 unspecified atom stereocenters. The van der Waals surface area contributed by atoms with E-state index in [2.05, 4.69) is 56.6 Å². The summed E-state index contributed by atoms with van der Waals surface area (Å²) in [7, 11) is 0. The average molecular weight is 352 g/mol. The molecule has 0 saturated carbocycles. The Hall–Kier alpha value is -2.38. The molecule has 1 atom stereocenters. The molecular weight excluding hydrogens is 332 g/mol. The summed E-state index contributed by atoms with van der Waals surface area (Å²) in [5, 5.41) is 11.7. The normalized spacial score (nSPS) is 17.7. The summed E-state index contributed by atoms with van der Waals surface area (Å²) < 4.78 is 0. The van der Waals surface area contributed by atoms with E-state index < -0.39 is 0 Å². The molecule has 0 amide bonds. The number of hydrogen-bond acceptors (Lipinski definition) is 7. The lowest BCUT2D eigenvalue weighted by atomic mass is 10.1. The zero-order valence-corrected chi connectivity index (χ0v) is 14.9. The van der Waals surface area contributed by atoms with Gasteiger partial charge in [-0.05, 0) is 37.4 Å². The Labute approximate surface area is 151 Å². The van der Waals surface area contributed by atoms with E-state index in [1.165, 1.54) is 28.9 Å². The molecule has 1 N–H and O–H groups in total. The van der Waals surface area contributed by atoms with Crippen molar-refractivity contribution in [1.82, 2.24) is 25.1 Å². The Morgan fingerprint density at radius 1 is 1.28 bits per heavy atom. The lowest BCUT2D eigenvalue weighted by molar-refractivity contribution is 0.243. The number of anilines is 2. The Morgan fingerprint density at radius 2 is 2.20 bits per heavy atom. The fraction of sp³-hybridized carbons (Fsp3) is 0.333. The van der Waals surface area contributed by atoms with Crippen LogP contribution in [0.4, 0.5) is 10.9 Å². The van der Waals surface area contributed by atoms with Crippen LogP contribution in [0, 0.1) is 6.92 Å². The first-order valence-corrected chi connectivity index (χ1v) is 9.31. The lowest BCUT2D eigenvalue weighted by Gasteiger charge is -2.24. The van der Waals surface area contributed by atoms with Crippen molar-refractivity contribution in [2.45, 2.75) is 32.4 Å². The first kappa shape index (κ1) is 16.1. The summed E-state index contributed by atoms with van der Waals surface area (Å²) in [5.74, 6) is 0.719. The van der Waals surface area contributed by atoms with Crippen LogP contribution in [-0.4, -0.2) is 31.6 Å². The third kappa shape index (κ3) is 3.67. The largest absolute Gasteiger partial charge is 0.313 e. The van der Waals surface area contributed by atoms with Crippen molar-refractivity contribution in [2.75, 3.05) is 11.9 Å². The minimum Gasteiger partial charge on any atom is -0.313 e. The van der Waals surface area contributed by atoms with Gasteiger partial charge in [-0.2, -0.15) is 0 Å². The zero-order chi connectivity index (χ0) is 17.1. The number of aromatic nitrogens is 4. The van der Waals surface area contributed by atoms with Crippen LogP contribution in [0.25, 0.3) is 0 Å². The second-order valence-electron chi connectivity index (χ2n) is 6.25. The predicted molar refractivity (Wildman–Crippen MR) is 98.8 cm³/mol. The van der Waals surface area contributed by atoms with Gasteiger partial charge in [-0.3, -0.25) is 9.88 Å². The summed E-state index contributed by atoms with van der Waals surface area (Å²) in [6, 6.07) is 8.90. The molecule has 128 valence electrons.